The summed E-state index contributed by atoms with van der Waals surface area (Å²) in [5, 5.41) is 1.08. The molecule has 0 aromatic rings. The monoisotopic (exact) mass is 144 g/mol. The van der Waals surface area contributed by atoms with E-state index in [9.17, 15) is 0 Å². The second-order valence-electron chi connectivity index (χ2n) is 2.60. The molecule has 1 heteroatoms. The van der Waals surface area contributed by atoms with E-state index in [0.717, 1.165) is 11.5 Å². The van der Waals surface area contributed by atoms with Crippen LogP contribution in [-0.4, -0.2) is 0 Å². The van der Waals surface area contributed by atoms with E-state index in [4.69, 9.17) is 11.6 Å². The van der Waals surface area contributed by atoms with Gasteiger partial charge < -0.3 is 0 Å². The van der Waals surface area contributed by atoms with Crippen LogP contribution in [0.1, 0.15) is 38.5 Å². The molecule has 0 aromatic carbocycles. The van der Waals surface area contributed by atoms with E-state index in [-0.39, 0.29) is 0 Å². The number of halogens is 1. The van der Waals surface area contributed by atoms with Crippen molar-refractivity contribution in [1.82, 2.24) is 0 Å². The molecule has 0 saturated heterocycles. The Labute approximate surface area is 61.9 Å². The van der Waals surface area contributed by atoms with Crippen molar-refractivity contribution in [3.05, 3.63) is 11.1 Å². The number of hydrogen-bond acceptors (Lipinski definition) is 0. The van der Waals surface area contributed by atoms with Gasteiger partial charge in [-0.05, 0) is 25.7 Å². The first-order valence-electron chi connectivity index (χ1n) is 3.74. The fourth-order valence-corrected chi connectivity index (χ4v) is 1.40. The molecule has 0 spiro atoms. The lowest BCUT2D eigenvalue weighted by Gasteiger charge is -2.04. The molecule has 0 N–H and O–H groups in total. The van der Waals surface area contributed by atoms with Crippen molar-refractivity contribution in [1.29, 1.82) is 0 Å². The SMILES string of the molecule is ClC1=CCCCCCC1. The lowest BCUT2D eigenvalue weighted by Crippen LogP contribution is -1.84. The summed E-state index contributed by atoms with van der Waals surface area (Å²) in [7, 11) is 0. The zero-order valence-corrected chi connectivity index (χ0v) is 6.45. The van der Waals surface area contributed by atoms with Crippen molar-refractivity contribution in [3.8, 4) is 0 Å². The van der Waals surface area contributed by atoms with Crippen molar-refractivity contribution < 1.29 is 0 Å². The normalized spacial score (nSPS) is 22.1. The van der Waals surface area contributed by atoms with Crippen LogP contribution in [0.25, 0.3) is 0 Å². The van der Waals surface area contributed by atoms with Gasteiger partial charge in [0.05, 0.1) is 0 Å². The molecule has 1 rings (SSSR count). The fraction of sp³-hybridized carbons (Fsp3) is 0.750. The summed E-state index contributed by atoms with van der Waals surface area (Å²) in [5.41, 5.74) is 0. The minimum atomic E-state index is 1.08. The Bertz CT molecular complexity index is 105. The zero-order valence-electron chi connectivity index (χ0n) is 5.70. The summed E-state index contributed by atoms with van der Waals surface area (Å²) in [4.78, 5) is 0. The van der Waals surface area contributed by atoms with Crippen molar-refractivity contribution in [2.75, 3.05) is 0 Å². The first kappa shape index (κ1) is 7.14. The van der Waals surface area contributed by atoms with Crippen LogP contribution in [0, 0.1) is 0 Å². The second kappa shape index (κ2) is 3.94. The molecule has 9 heavy (non-hydrogen) atoms. The second-order valence-corrected chi connectivity index (χ2v) is 3.09. The largest absolute Gasteiger partial charge is 0.0895 e. The Morgan fingerprint density at radius 1 is 1.11 bits per heavy atom. The van der Waals surface area contributed by atoms with E-state index in [1.165, 1.54) is 32.1 Å². The summed E-state index contributed by atoms with van der Waals surface area (Å²) >= 11 is 5.85. The van der Waals surface area contributed by atoms with E-state index in [1.807, 2.05) is 0 Å². The first-order chi connectivity index (χ1) is 4.39. The van der Waals surface area contributed by atoms with Crippen LogP contribution in [0.4, 0.5) is 0 Å². The molecule has 0 saturated carbocycles. The molecule has 0 heterocycles. The third-order valence-corrected chi connectivity index (χ3v) is 2.08. The molecule has 0 atom stereocenters. The smallest absolute Gasteiger partial charge is 0.0141 e. The van der Waals surface area contributed by atoms with Crippen molar-refractivity contribution in [2.45, 2.75) is 38.5 Å². The van der Waals surface area contributed by atoms with Gasteiger partial charge in [-0.3, -0.25) is 0 Å². The van der Waals surface area contributed by atoms with Crippen molar-refractivity contribution in [3.63, 3.8) is 0 Å². The Balaban J connectivity index is 2.32. The Kier molecular flexibility index (Phi) is 3.13. The molecule has 1 aliphatic carbocycles. The molecule has 0 nitrogen and oxygen atoms in total. The Morgan fingerprint density at radius 2 is 1.89 bits per heavy atom. The number of allylic oxidation sites excluding steroid dienone is 2. The summed E-state index contributed by atoms with van der Waals surface area (Å²) in [6.07, 6.45) is 9.84. The predicted molar refractivity (Wildman–Crippen MR) is 41.6 cm³/mol. The summed E-state index contributed by atoms with van der Waals surface area (Å²) < 4.78 is 0. The maximum absolute atomic E-state index is 5.85. The van der Waals surface area contributed by atoms with Gasteiger partial charge in [0.15, 0.2) is 0 Å². The highest BCUT2D eigenvalue weighted by atomic mass is 35.5. The van der Waals surface area contributed by atoms with Gasteiger partial charge in [0.2, 0.25) is 0 Å². The summed E-state index contributed by atoms with van der Waals surface area (Å²) in [5.74, 6) is 0. The van der Waals surface area contributed by atoms with E-state index >= 15 is 0 Å². The highest BCUT2D eigenvalue weighted by molar-refractivity contribution is 6.29. The van der Waals surface area contributed by atoms with E-state index in [0.29, 0.717) is 0 Å². The molecule has 0 radical (unpaired) electrons. The highest BCUT2D eigenvalue weighted by Gasteiger charge is 1.97. The van der Waals surface area contributed by atoms with Crippen LogP contribution < -0.4 is 0 Å². The maximum atomic E-state index is 5.85. The van der Waals surface area contributed by atoms with Crippen LogP contribution in [-0.2, 0) is 0 Å². The molecular formula is C8H13Cl. The quantitative estimate of drug-likeness (QED) is 0.489. The Hall–Kier alpha value is 0.0300. The molecule has 52 valence electrons. The lowest BCUT2D eigenvalue weighted by atomic mass is 10.1. The van der Waals surface area contributed by atoms with Gasteiger partial charge in [-0.15, -0.1) is 0 Å². The minimum absolute atomic E-state index is 1.08. The van der Waals surface area contributed by atoms with E-state index in [2.05, 4.69) is 6.08 Å². The van der Waals surface area contributed by atoms with Crippen LogP contribution in [0.15, 0.2) is 11.1 Å². The highest BCUT2D eigenvalue weighted by Crippen LogP contribution is 2.18. The van der Waals surface area contributed by atoms with Gasteiger partial charge >= 0.3 is 0 Å². The average Bonchev–Trinajstić information content (AvgIpc) is 1.79. The van der Waals surface area contributed by atoms with Gasteiger partial charge in [-0.25, -0.2) is 0 Å². The first-order valence-corrected chi connectivity index (χ1v) is 4.12. The molecule has 0 bridgehead atoms. The van der Waals surface area contributed by atoms with Gasteiger partial charge in [0, 0.05) is 5.03 Å². The fourth-order valence-electron chi connectivity index (χ4n) is 1.15. The number of rotatable bonds is 0. The van der Waals surface area contributed by atoms with Gasteiger partial charge in [0.25, 0.3) is 0 Å². The molecule has 0 unspecified atom stereocenters. The lowest BCUT2D eigenvalue weighted by molar-refractivity contribution is 0.634. The minimum Gasteiger partial charge on any atom is -0.0895 e. The van der Waals surface area contributed by atoms with Crippen LogP contribution in [0.3, 0.4) is 0 Å². The van der Waals surface area contributed by atoms with Crippen LogP contribution in [0.5, 0.6) is 0 Å². The van der Waals surface area contributed by atoms with E-state index < -0.39 is 0 Å². The van der Waals surface area contributed by atoms with E-state index in [1.54, 1.807) is 0 Å². The maximum Gasteiger partial charge on any atom is 0.0141 e. The molecule has 0 fully saturated rings. The topological polar surface area (TPSA) is 0 Å². The molecule has 1 aliphatic rings. The van der Waals surface area contributed by atoms with Crippen molar-refractivity contribution in [2.24, 2.45) is 0 Å². The summed E-state index contributed by atoms with van der Waals surface area (Å²) in [6.45, 7) is 0. The molecular weight excluding hydrogens is 132 g/mol. The van der Waals surface area contributed by atoms with Crippen LogP contribution >= 0.6 is 11.6 Å². The molecule has 0 amide bonds. The van der Waals surface area contributed by atoms with Gasteiger partial charge in [-0.1, -0.05) is 30.5 Å². The zero-order chi connectivity index (χ0) is 6.53. The Morgan fingerprint density at radius 3 is 2.78 bits per heavy atom. The molecule has 0 aliphatic heterocycles. The third kappa shape index (κ3) is 2.90. The predicted octanol–water partition coefficient (Wildman–Crippen LogP) is 3.46. The standard InChI is InChI=1S/C8H13Cl/c9-8-6-4-2-1-3-5-7-8/h6H,1-5,7H2. The third-order valence-electron chi connectivity index (χ3n) is 1.74. The van der Waals surface area contributed by atoms with Gasteiger partial charge in [-0.2, -0.15) is 0 Å². The van der Waals surface area contributed by atoms with Crippen LogP contribution in [0.2, 0.25) is 0 Å². The van der Waals surface area contributed by atoms with Gasteiger partial charge in [0.1, 0.15) is 0 Å². The summed E-state index contributed by atoms with van der Waals surface area (Å²) in [6, 6.07) is 0. The average molecular weight is 145 g/mol. The van der Waals surface area contributed by atoms with Crippen molar-refractivity contribution >= 4 is 11.6 Å². The molecule has 0 aromatic heterocycles. The number of hydrogen-bond donors (Lipinski definition) is 0.